The summed E-state index contributed by atoms with van der Waals surface area (Å²) in [7, 11) is 1.20. The zero-order valence-corrected chi connectivity index (χ0v) is 10.9. The molecule has 0 spiro atoms. The van der Waals surface area contributed by atoms with E-state index < -0.39 is 17.7 Å². The van der Waals surface area contributed by atoms with Crippen LogP contribution in [0.25, 0.3) is 0 Å². The molecular weight excluding hydrogens is 289 g/mol. The van der Waals surface area contributed by atoms with Crippen LogP contribution in [-0.2, 0) is 17.5 Å². The normalized spacial score (nSPS) is 11.2. The molecule has 0 N–H and O–H groups in total. The van der Waals surface area contributed by atoms with Crippen LogP contribution < -0.4 is 4.74 Å². The SMILES string of the molecule is COC(=O)c1ccc(COc2ccccc2C(F)(F)F)o1. The minimum Gasteiger partial charge on any atom is -0.485 e. The molecule has 0 saturated carbocycles. The lowest BCUT2D eigenvalue weighted by Gasteiger charge is -2.12. The van der Waals surface area contributed by atoms with Crippen molar-refractivity contribution in [3.63, 3.8) is 0 Å². The van der Waals surface area contributed by atoms with Crippen molar-refractivity contribution in [1.82, 2.24) is 0 Å². The smallest absolute Gasteiger partial charge is 0.419 e. The summed E-state index contributed by atoms with van der Waals surface area (Å²) in [5.41, 5.74) is -0.871. The lowest BCUT2D eigenvalue weighted by atomic mass is 10.2. The third kappa shape index (κ3) is 3.56. The molecule has 0 fully saturated rings. The lowest BCUT2D eigenvalue weighted by molar-refractivity contribution is -0.139. The Hall–Kier alpha value is -2.44. The van der Waals surface area contributed by atoms with Crippen molar-refractivity contribution < 1.29 is 31.9 Å². The number of rotatable bonds is 4. The molecule has 4 nitrogen and oxygen atoms in total. The van der Waals surface area contributed by atoms with Gasteiger partial charge in [-0.05, 0) is 24.3 Å². The van der Waals surface area contributed by atoms with Gasteiger partial charge in [0.05, 0.1) is 12.7 Å². The van der Waals surface area contributed by atoms with Crippen LogP contribution in [0.5, 0.6) is 5.75 Å². The summed E-state index contributed by atoms with van der Waals surface area (Å²) >= 11 is 0. The van der Waals surface area contributed by atoms with Crippen molar-refractivity contribution in [3.8, 4) is 5.75 Å². The number of para-hydroxylation sites is 1. The first-order chi connectivity index (χ1) is 9.91. The van der Waals surface area contributed by atoms with Crippen LogP contribution in [0.15, 0.2) is 40.8 Å². The highest BCUT2D eigenvalue weighted by Crippen LogP contribution is 2.36. The van der Waals surface area contributed by atoms with Gasteiger partial charge in [0.25, 0.3) is 0 Å². The zero-order chi connectivity index (χ0) is 15.5. The van der Waals surface area contributed by atoms with E-state index in [9.17, 15) is 18.0 Å². The van der Waals surface area contributed by atoms with E-state index in [2.05, 4.69) is 4.74 Å². The van der Waals surface area contributed by atoms with Crippen molar-refractivity contribution in [2.45, 2.75) is 12.8 Å². The molecule has 0 aliphatic carbocycles. The van der Waals surface area contributed by atoms with Gasteiger partial charge in [0.15, 0.2) is 0 Å². The molecular formula is C14H11F3O4. The Balaban J connectivity index is 2.10. The summed E-state index contributed by atoms with van der Waals surface area (Å²) < 4.78 is 53.0. The highest BCUT2D eigenvalue weighted by molar-refractivity contribution is 5.86. The zero-order valence-electron chi connectivity index (χ0n) is 10.9. The number of methoxy groups -OCH3 is 1. The molecule has 2 aromatic rings. The molecule has 0 saturated heterocycles. The number of hydrogen-bond donors (Lipinski definition) is 0. The van der Waals surface area contributed by atoms with Crippen LogP contribution >= 0.6 is 0 Å². The Bertz CT molecular complexity index is 631. The van der Waals surface area contributed by atoms with Crippen molar-refractivity contribution in [2.75, 3.05) is 7.11 Å². The number of furan rings is 1. The Morgan fingerprint density at radius 1 is 1.19 bits per heavy atom. The van der Waals surface area contributed by atoms with Crippen molar-refractivity contribution >= 4 is 5.97 Å². The second-order valence-corrected chi connectivity index (χ2v) is 4.04. The van der Waals surface area contributed by atoms with Gasteiger partial charge in [0.1, 0.15) is 18.1 Å². The third-order valence-corrected chi connectivity index (χ3v) is 2.61. The monoisotopic (exact) mass is 300 g/mol. The van der Waals surface area contributed by atoms with E-state index in [4.69, 9.17) is 9.15 Å². The van der Waals surface area contributed by atoms with Gasteiger partial charge in [-0.25, -0.2) is 4.79 Å². The Labute approximate surface area is 118 Å². The quantitative estimate of drug-likeness (QED) is 0.808. The van der Waals surface area contributed by atoms with Gasteiger partial charge < -0.3 is 13.9 Å². The summed E-state index contributed by atoms with van der Waals surface area (Å²) in [6, 6.07) is 7.65. The second-order valence-electron chi connectivity index (χ2n) is 4.04. The number of benzene rings is 1. The molecule has 0 unspecified atom stereocenters. The summed E-state index contributed by atoms with van der Waals surface area (Å²) in [5.74, 6) is -0.800. The fourth-order valence-electron chi connectivity index (χ4n) is 1.64. The average Bonchev–Trinajstić information content (AvgIpc) is 2.92. The minimum atomic E-state index is -4.50. The van der Waals surface area contributed by atoms with E-state index in [1.165, 1.54) is 37.4 Å². The molecule has 2 rings (SSSR count). The number of halogens is 3. The highest BCUT2D eigenvalue weighted by atomic mass is 19.4. The number of ether oxygens (including phenoxy) is 2. The first kappa shape index (κ1) is 15.0. The molecule has 1 heterocycles. The molecule has 0 amide bonds. The summed E-state index contributed by atoms with van der Waals surface area (Å²) in [5, 5.41) is 0. The highest BCUT2D eigenvalue weighted by Gasteiger charge is 2.34. The maximum absolute atomic E-state index is 12.8. The molecule has 0 bridgehead atoms. The van der Waals surface area contributed by atoms with E-state index in [1.54, 1.807) is 0 Å². The predicted molar refractivity (Wildman–Crippen MR) is 65.8 cm³/mol. The van der Waals surface area contributed by atoms with E-state index in [0.717, 1.165) is 6.07 Å². The van der Waals surface area contributed by atoms with Gasteiger partial charge in [0.2, 0.25) is 5.76 Å². The van der Waals surface area contributed by atoms with Crippen LogP contribution in [-0.4, -0.2) is 13.1 Å². The molecule has 0 radical (unpaired) electrons. The summed E-state index contributed by atoms with van der Waals surface area (Å²) in [6.07, 6.45) is -4.50. The largest absolute Gasteiger partial charge is 0.485 e. The number of esters is 1. The van der Waals surface area contributed by atoms with Crippen molar-refractivity contribution in [1.29, 1.82) is 0 Å². The van der Waals surface area contributed by atoms with E-state index >= 15 is 0 Å². The van der Waals surface area contributed by atoms with Crippen LogP contribution in [0.2, 0.25) is 0 Å². The Morgan fingerprint density at radius 3 is 2.57 bits per heavy atom. The molecule has 0 aliphatic heterocycles. The van der Waals surface area contributed by atoms with Gasteiger partial charge >= 0.3 is 12.1 Å². The van der Waals surface area contributed by atoms with E-state index in [-0.39, 0.29) is 23.9 Å². The third-order valence-electron chi connectivity index (χ3n) is 2.61. The molecule has 0 atom stereocenters. The average molecular weight is 300 g/mol. The molecule has 1 aromatic carbocycles. The molecule has 21 heavy (non-hydrogen) atoms. The predicted octanol–water partition coefficient (Wildman–Crippen LogP) is 3.66. The van der Waals surface area contributed by atoms with Gasteiger partial charge in [-0.2, -0.15) is 13.2 Å². The van der Waals surface area contributed by atoms with Gasteiger partial charge in [-0.3, -0.25) is 0 Å². The molecule has 1 aromatic heterocycles. The molecule has 0 aliphatic rings. The van der Waals surface area contributed by atoms with E-state index in [0.29, 0.717) is 0 Å². The van der Waals surface area contributed by atoms with E-state index in [1.807, 2.05) is 0 Å². The first-order valence-electron chi connectivity index (χ1n) is 5.88. The standard InChI is InChI=1S/C14H11F3O4/c1-19-13(18)12-7-6-9(21-12)8-20-11-5-3-2-4-10(11)14(15,16)17/h2-7H,8H2,1H3. The van der Waals surface area contributed by atoms with Gasteiger partial charge in [-0.15, -0.1) is 0 Å². The Morgan fingerprint density at radius 2 is 1.90 bits per heavy atom. The van der Waals surface area contributed by atoms with Crippen molar-refractivity contribution in [2.24, 2.45) is 0 Å². The molecule has 112 valence electrons. The number of carbonyl (C=O) groups is 1. The van der Waals surface area contributed by atoms with Gasteiger partial charge in [0, 0.05) is 0 Å². The van der Waals surface area contributed by atoms with Crippen LogP contribution in [0, 0.1) is 0 Å². The minimum absolute atomic E-state index is 0.0415. The van der Waals surface area contributed by atoms with Crippen LogP contribution in [0.4, 0.5) is 13.2 Å². The number of carbonyl (C=O) groups excluding carboxylic acids is 1. The summed E-state index contributed by atoms with van der Waals surface area (Å²) in [4.78, 5) is 11.2. The number of alkyl halides is 3. The maximum Gasteiger partial charge on any atom is 0.419 e. The van der Waals surface area contributed by atoms with Crippen molar-refractivity contribution in [3.05, 3.63) is 53.5 Å². The fraction of sp³-hybridized carbons (Fsp3) is 0.214. The lowest BCUT2D eigenvalue weighted by Crippen LogP contribution is -2.08. The summed E-state index contributed by atoms with van der Waals surface area (Å²) in [6.45, 7) is -0.232. The van der Waals surface area contributed by atoms with Crippen LogP contribution in [0.1, 0.15) is 21.9 Å². The topological polar surface area (TPSA) is 48.7 Å². The first-order valence-corrected chi connectivity index (χ1v) is 5.88. The second kappa shape index (κ2) is 5.90. The Kier molecular flexibility index (Phi) is 4.21. The maximum atomic E-state index is 12.8. The van der Waals surface area contributed by atoms with Crippen LogP contribution in [0.3, 0.4) is 0 Å². The van der Waals surface area contributed by atoms with Gasteiger partial charge in [-0.1, -0.05) is 12.1 Å². The fourth-order valence-corrected chi connectivity index (χ4v) is 1.64. The number of hydrogen-bond acceptors (Lipinski definition) is 4. The molecule has 7 heteroatoms.